The monoisotopic (exact) mass is 619 g/mol. The van der Waals surface area contributed by atoms with Gasteiger partial charge in [0.1, 0.15) is 11.7 Å². The maximum absolute atomic E-state index is 5.31. The summed E-state index contributed by atoms with van der Waals surface area (Å²) < 4.78 is 0. The summed E-state index contributed by atoms with van der Waals surface area (Å²) in [5, 5.41) is 7.24. The van der Waals surface area contributed by atoms with Crippen LogP contribution in [0.4, 0.5) is 0 Å². The van der Waals surface area contributed by atoms with Gasteiger partial charge in [-0.1, -0.05) is 158 Å². The van der Waals surface area contributed by atoms with Crippen LogP contribution in [0.1, 0.15) is 34.5 Å². The van der Waals surface area contributed by atoms with Crippen LogP contribution in [0.5, 0.6) is 0 Å². The van der Waals surface area contributed by atoms with E-state index in [0.717, 1.165) is 56.3 Å². The summed E-state index contributed by atoms with van der Waals surface area (Å²) in [5.74, 6) is 2.27. The van der Waals surface area contributed by atoms with E-state index in [-0.39, 0.29) is 6.04 Å². The number of benzene rings is 6. The molecule has 5 nitrogen and oxygen atoms in total. The molecule has 0 saturated carbocycles. The summed E-state index contributed by atoms with van der Waals surface area (Å²) in [6.07, 6.45) is 1.76. The number of hydrogen-bond donors (Lipinski definition) is 2. The molecule has 2 N–H and O–H groups in total. The maximum atomic E-state index is 5.31. The fraction of sp³-hybridized carbons (Fsp3) is 0.0465. The van der Waals surface area contributed by atoms with Gasteiger partial charge in [-0.25, -0.2) is 9.98 Å². The van der Waals surface area contributed by atoms with Crippen molar-refractivity contribution in [2.45, 2.75) is 12.2 Å². The van der Waals surface area contributed by atoms with Gasteiger partial charge in [-0.05, 0) is 51.6 Å². The molecule has 0 radical (unpaired) electrons. The largest absolute Gasteiger partial charge is 0.337 e. The van der Waals surface area contributed by atoms with Gasteiger partial charge in [-0.2, -0.15) is 0 Å². The third-order valence-electron chi connectivity index (χ3n) is 8.56. The molecule has 6 aromatic carbocycles. The van der Waals surface area contributed by atoms with Crippen molar-refractivity contribution in [3.8, 4) is 22.3 Å². The molecular weight excluding hydrogens is 587 g/mol. The molecule has 0 saturated heterocycles. The Balaban J connectivity index is 1.23. The zero-order chi connectivity index (χ0) is 32.1. The van der Waals surface area contributed by atoms with Crippen LogP contribution in [0.15, 0.2) is 197 Å². The van der Waals surface area contributed by atoms with Gasteiger partial charge in [0.15, 0.2) is 12.0 Å². The van der Waals surface area contributed by atoms with Crippen molar-refractivity contribution >= 4 is 17.5 Å². The van der Waals surface area contributed by atoms with Crippen LogP contribution >= 0.6 is 0 Å². The van der Waals surface area contributed by atoms with E-state index in [1.165, 1.54) is 5.56 Å². The standard InChI is InChI=1S/C43H33N5/c1-5-15-30(16-6-1)34-23-13-25-36(27-34)38-29-39(45-42(44-38)37-26-14-24-35(28-37)31-17-7-2-8-18-31)43-47-40(32-19-9-3-10-20-32)46-41(48-43)33-21-11-4-12-22-33/h1-29,38,40H,(H,44,45)(H,46,47,48). The normalized spacial score (nSPS) is 17.2. The lowest BCUT2D eigenvalue weighted by Gasteiger charge is -2.28. The molecule has 6 aromatic rings. The Bertz CT molecular complexity index is 2170. The van der Waals surface area contributed by atoms with Crippen molar-refractivity contribution in [1.82, 2.24) is 10.6 Å². The minimum Gasteiger partial charge on any atom is -0.337 e. The molecule has 0 amide bonds. The molecule has 8 rings (SSSR count). The van der Waals surface area contributed by atoms with Crippen molar-refractivity contribution in [1.29, 1.82) is 0 Å². The zero-order valence-electron chi connectivity index (χ0n) is 26.2. The summed E-state index contributed by atoms with van der Waals surface area (Å²) >= 11 is 0. The van der Waals surface area contributed by atoms with Crippen molar-refractivity contribution in [2.24, 2.45) is 15.0 Å². The lowest BCUT2D eigenvalue weighted by Crippen LogP contribution is -2.42. The van der Waals surface area contributed by atoms with Crippen LogP contribution < -0.4 is 10.6 Å². The molecule has 2 aliphatic heterocycles. The Morgan fingerprint density at radius 1 is 0.354 bits per heavy atom. The first-order valence-corrected chi connectivity index (χ1v) is 16.2. The van der Waals surface area contributed by atoms with E-state index >= 15 is 0 Å². The number of amidine groups is 3. The highest BCUT2D eigenvalue weighted by Gasteiger charge is 2.26. The molecule has 2 heterocycles. The summed E-state index contributed by atoms with van der Waals surface area (Å²) in [7, 11) is 0. The summed E-state index contributed by atoms with van der Waals surface area (Å²) in [5.41, 5.74) is 9.59. The van der Waals surface area contributed by atoms with Gasteiger partial charge < -0.3 is 10.6 Å². The number of rotatable bonds is 7. The smallest absolute Gasteiger partial charge is 0.169 e. The summed E-state index contributed by atoms with van der Waals surface area (Å²) in [4.78, 5) is 15.5. The highest BCUT2D eigenvalue weighted by molar-refractivity contribution is 6.18. The van der Waals surface area contributed by atoms with Gasteiger partial charge in [0.05, 0.1) is 11.7 Å². The first-order valence-electron chi connectivity index (χ1n) is 16.2. The predicted molar refractivity (Wildman–Crippen MR) is 197 cm³/mol. The molecule has 0 spiro atoms. The lowest BCUT2D eigenvalue weighted by atomic mass is 9.97. The van der Waals surface area contributed by atoms with Crippen LogP contribution in [0.25, 0.3) is 22.3 Å². The van der Waals surface area contributed by atoms with Gasteiger partial charge in [-0.15, -0.1) is 0 Å². The Kier molecular flexibility index (Phi) is 7.99. The highest BCUT2D eigenvalue weighted by Crippen LogP contribution is 2.31. The Hall–Kier alpha value is -6.33. The maximum Gasteiger partial charge on any atom is 0.169 e. The number of nitrogens with zero attached hydrogens (tertiary/aromatic N) is 3. The van der Waals surface area contributed by atoms with E-state index in [1.807, 2.05) is 48.5 Å². The third kappa shape index (κ3) is 6.22. The first kappa shape index (κ1) is 29.1. The predicted octanol–water partition coefficient (Wildman–Crippen LogP) is 9.14. The molecule has 0 fully saturated rings. The SMILES string of the molecule is C1=C(C2=NC(c3ccccc3)N=C(c3ccccc3)N2)NC(c2cccc(-c3ccccc3)c2)=NC1c1cccc(-c2ccccc2)c1. The van der Waals surface area contributed by atoms with Crippen LogP contribution in [0.2, 0.25) is 0 Å². The second-order valence-electron chi connectivity index (χ2n) is 11.8. The molecule has 0 bridgehead atoms. The van der Waals surface area contributed by atoms with E-state index in [2.05, 4.69) is 138 Å². The Morgan fingerprint density at radius 2 is 0.833 bits per heavy atom. The zero-order valence-corrected chi connectivity index (χ0v) is 26.2. The van der Waals surface area contributed by atoms with E-state index in [4.69, 9.17) is 15.0 Å². The highest BCUT2D eigenvalue weighted by atomic mass is 15.2. The topological polar surface area (TPSA) is 61.1 Å². The van der Waals surface area contributed by atoms with E-state index in [1.54, 1.807) is 0 Å². The Labute approximate surface area is 280 Å². The van der Waals surface area contributed by atoms with Crippen LogP contribution in [-0.2, 0) is 0 Å². The average molecular weight is 620 g/mol. The van der Waals surface area contributed by atoms with Crippen LogP contribution in [0, 0.1) is 0 Å². The quantitative estimate of drug-likeness (QED) is 0.187. The summed E-state index contributed by atoms with van der Waals surface area (Å²) in [6, 6.07) is 58.3. The van der Waals surface area contributed by atoms with Crippen LogP contribution in [-0.4, -0.2) is 17.5 Å². The van der Waals surface area contributed by atoms with E-state index < -0.39 is 6.17 Å². The fourth-order valence-corrected chi connectivity index (χ4v) is 6.10. The molecule has 48 heavy (non-hydrogen) atoms. The van der Waals surface area contributed by atoms with Gasteiger partial charge in [-0.3, -0.25) is 4.99 Å². The molecule has 2 unspecified atom stereocenters. The van der Waals surface area contributed by atoms with E-state index in [9.17, 15) is 0 Å². The molecule has 5 heteroatoms. The van der Waals surface area contributed by atoms with Crippen molar-refractivity contribution in [2.75, 3.05) is 0 Å². The van der Waals surface area contributed by atoms with Crippen molar-refractivity contribution in [3.63, 3.8) is 0 Å². The second-order valence-corrected chi connectivity index (χ2v) is 11.8. The lowest BCUT2D eigenvalue weighted by molar-refractivity contribution is 0.750. The van der Waals surface area contributed by atoms with Gasteiger partial charge in [0, 0.05) is 11.1 Å². The van der Waals surface area contributed by atoms with Gasteiger partial charge in [0.2, 0.25) is 0 Å². The average Bonchev–Trinajstić information content (AvgIpc) is 3.19. The number of nitrogens with one attached hydrogen (secondary N) is 2. The third-order valence-corrected chi connectivity index (χ3v) is 8.56. The van der Waals surface area contributed by atoms with Crippen molar-refractivity contribution < 1.29 is 0 Å². The molecule has 0 aromatic heterocycles. The molecule has 230 valence electrons. The van der Waals surface area contributed by atoms with Gasteiger partial charge >= 0.3 is 0 Å². The van der Waals surface area contributed by atoms with Crippen LogP contribution in [0.3, 0.4) is 0 Å². The number of hydrogen-bond acceptors (Lipinski definition) is 5. The fourth-order valence-electron chi connectivity index (χ4n) is 6.10. The first-order chi connectivity index (χ1) is 23.8. The summed E-state index contributed by atoms with van der Waals surface area (Å²) in [6.45, 7) is 0. The molecule has 0 aliphatic carbocycles. The minimum absolute atomic E-state index is 0.251. The van der Waals surface area contributed by atoms with Gasteiger partial charge in [0.25, 0.3) is 0 Å². The van der Waals surface area contributed by atoms with Crippen molar-refractivity contribution in [3.05, 3.63) is 204 Å². The van der Waals surface area contributed by atoms with E-state index in [0.29, 0.717) is 5.84 Å². The number of aliphatic imine (C=N–C) groups is 3. The molecule has 2 atom stereocenters. The Morgan fingerprint density at radius 3 is 1.50 bits per heavy atom. The minimum atomic E-state index is -0.399. The second kappa shape index (κ2) is 13.2. The molecule has 2 aliphatic rings. The molecular formula is C43H33N5.